The summed E-state index contributed by atoms with van der Waals surface area (Å²) in [6.45, 7) is 2.06. The molecule has 1 N–H and O–H groups in total. The fourth-order valence-corrected chi connectivity index (χ4v) is 2.04. The van der Waals surface area contributed by atoms with Crippen LogP contribution in [-0.2, 0) is 0 Å². The molecular formula is C13H18O2. The lowest BCUT2D eigenvalue weighted by atomic mass is 9.95. The summed E-state index contributed by atoms with van der Waals surface area (Å²) in [5.74, 6) is 0.916. The molecule has 82 valence electrons. The van der Waals surface area contributed by atoms with Gasteiger partial charge in [0.15, 0.2) is 0 Å². The highest BCUT2D eigenvalue weighted by atomic mass is 16.5. The van der Waals surface area contributed by atoms with Crippen molar-refractivity contribution >= 4 is 0 Å². The number of aliphatic hydroxyl groups is 1. The van der Waals surface area contributed by atoms with Crippen LogP contribution in [0, 0.1) is 6.92 Å². The van der Waals surface area contributed by atoms with Gasteiger partial charge in [-0.2, -0.15) is 0 Å². The zero-order valence-electron chi connectivity index (χ0n) is 9.15. The SMILES string of the molecule is Cc1ccc(OC2CCCC(O)C2)cc1. The van der Waals surface area contributed by atoms with Crippen molar-refractivity contribution in [2.75, 3.05) is 0 Å². The monoisotopic (exact) mass is 206 g/mol. The summed E-state index contributed by atoms with van der Waals surface area (Å²) in [7, 11) is 0. The third-order valence-electron chi connectivity index (χ3n) is 2.92. The summed E-state index contributed by atoms with van der Waals surface area (Å²) < 4.78 is 5.82. The summed E-state index contributed by atoms with van der Waals surface area (Å²) in [5.41, 5.74) is 1.24. The molecule has 0 saturated heterocycles. The maximum absolute atomic E-state index is 9.52. The van der Waals surface area contributed by atoms with Crippen LogP contribution in [0.1, 0.15) is 31.2 Å². The molecule has 0 aromatic heterocycles. The first-order chi connectivity index (χ1) is 7.24. The Morgan fingerprint density at radius 1 is 1.20 bits per heavy atom. The Balaban J connectivity index is 1.93. The van der Waals surface area contributed by atoms with Crippen LogP contribution in [0.2, 0.25) is 0 Å². The van der Waals surface area contributed by atoms with Crippen molar-refractivity contribution < 1.29 is 9.84 Å². The van der Waals surface area contributed by atoms with Crippen LogP contribution in [0.15, 0.2) is 24.3 Å². The molecule has 0 radical (unpaired) electrons. The third-order valence-corrected chi connectivity index (χ3v) is 2.92. The van der Waals surface area contributed by atoms with E-state index in [2.05, 4.69) is 19.1 Å². The van der Waals surface area contributed by atoms with E-state index in [1.807, 2.05) is 12.1 Å². The van der Waals surface area contributed by atoms with E-state index in [0.29, 0.717) is 0 Å². The maximum Gasteiger partial charge on any atom is 0.119 e. The van der Waals surface area contributed by atoms with Gasteiger partial charge in [-0.3, -0.25) is 0 Å². The Kier molecular flexibility index (Phi) is 3.27. The quantitative estimate of drug-likeness (QED) is 0.806. The summed E-state index contributed by atoms with van der Waals surface area (Å²) >= 11 is 0. The van der Waals surface area contributed by atoms with E-state index in [4.69, 9.17) is 4.74 Å². The van der Waals surface area contributed by atoms with Crippen molar-refractivity contribution in [3.63, 3.8) is 0 Å². The molecule has 1 aliphatic carbocycles. The fourth-order valence-electron chi connectivity index (χ4n) is 2.04. The van der Waals surface area contributed by atoms with Crippen LogP contribution >= 0.6 is 0 Å². The molecule has 15 heavy (non-hydrogen) atoms. The molecule has 1 fully saturated rings. The Morgan fingerprint density at radius 3 is 2.60 bits per heavy atom. The zero-order valence-corrected chi connectivity index (χ0v) is 9.15. The molecule has 2 atom stereocenters. The van der Waals surface area contributed by atoms with Gasteiger partial charge in [-0.15, -0.1) is 0 Å². The van der Waals surface area contributed by atoms with Crippen LogP contribution in [-0.4, -0.2) is 17.3 Å². The molecule has 0 bridgehead atoms. The van der Waals surface area contributed by atoms with Crippen LogP contribution < -0.4 is 4.74 Å². The normalized spacial score (nSPS) is 26.3. The predicted octanol–water partition coefficient (Wildman–Crippen LogP) is 2.68. The topological polar surface area (TPSA) is 29.5 Å². The first kappa shape index (κ1) is 10.5. The minimum Gasteiger partial charge on any atom is -0.490 e. The van der Waals surface area contributed by atoms with Gasteiger partial charge in [-0.1, -0.05) is 17.7 Å². The number of ether oxygens (including phenoxy) is 1. The highest BCUT2D eigenvalue weighted by Crippen LogP contribution is 2.23. The number of benzene rings is 1. The second-order valence-corrected chi connectivity index (χ2v) is 4.37. The lowest BCUT2D eigenvalue weighted by molar-refractivity contribution is 0.0536. The molecule has 1 saturated carbocycles. The number of aliphatic hydroxyl groups excluding tert-OH is 1. The van der Waals surface area contributed by atoms with E-state index in [1.165, 1.54) is 5.56 Å². The molecule has 1 aliphatic rings. The average molecular weight is 206 g/mol. The number of aryl methyl sites for hydroxylation is 1. The van der Waals surface area contributed by atoms with E-state index in [1.54, 1.807) is 0 Å². The number of hydrogen-bond acceptors (Lipinski definition) is 2. The largest absolute Gasteiger partial charge is 0.490 e. The summed E-state index contributed by atoms with van der Waals surface area (Å²) in [6, 6.07) is 8.09. The van der Waals surface area contributed by atoms with Gasteiger partial charge >= 0.3 is 0 Å². The lowest BCUT2D eigenvalue weighted by Crippen LogP contribution is -2.28. The molecule has 2 rings (SSSR count). The highest BCUT2D eigenvalue weighted by molar-refractivity contribution is 5.26. The van der Waals surface area contributed by atoms with Crippen LogP contribution in [0.3, 0.4) is 0 Å². The Bertz CT molecular complexity index is 305. The van der Waals surface area contributed by atoms with Gasteiger partial charge in [-0.25, -0.2) is 0 Å². The van der Waals surface area contributed by atoms with Crippen molar-refractivity contribution in [1.82, 2.24) is 0 Å². The van der Waals surface area contributed by atoms with Crippen molar-refractivity contribution in [3.05, 3.63) is 29.8 Å². The number of hydrogen-bond donors (Lipinski definition) is 1. The van der Waals surface area contributed by atoms with E-state index in [-0.39, 0.29) is 12.2 Å². The second kappa shape index (κ2) is 4.67. The van der Waals surface area contributed by atoms with Crippen molar-refractivity contribution in [2.24, 2.45) is 0 Å². The molecular weight excluding hydrogens is 188 g/mol. The number of rotatable bonds is 2. The Hall–Kier alpha value is -1.02. The maximum atomic E-state index is 9.52. The second-order valence-electron chi connectivity index (χ2n) is 4.37. The van der Waals surface area contributed by atoms with Crippen molar-refractivity contribution in [3.8, 4) is 5.75 Å². The van der Waals surface area contributed by atoms with Crippen LogP contribution in [0.4, 0.5) is 0 Å². The molecule has 2 heteroatoms. The van der Waals surface area contributed by atoms with Gasteiger partial charge in [0.1, 0.15) is 11.9 Å². The summed E-state index contributed by atoms with van der Waals surface area (Å²) in [6.07, 6.45) is 3.84. The fraction of sp³-hybridized carbons (Fsp3) is 0.538. The predicted molar refractivity (Wildman–Crippen MR) is 60.1 cm³/mol. The third kappa shape index (κ3) is 2.96. The molecule has 0 spiro atoms. The average Bonchev–Trinajstić information content (AvgIpc) is 2.22. The lowest BCUT2D eigenvalue weighted by Gasteiger charge is -2.26. The van der Waals surface area contributed by atoms with Gasteiger partial charge in [0.2, 0.25) is 0 Å². The smallest absolute Gasteiger partial charge is 0.119 e. The molecule has 0 amide bonds. The molecule has 2 nitrogen and oxygen atoms in total. The van der Waals surface area contributed by atoms with Crippen molar-refractivity contribution in [2.45, 2.75) is 44.8 Å². The van der Waals surface area contributed by atoms with Crippen LogP contribution in [0.25, 0.3) is 0 Å². The van der Waals surface area contributed by atoms with E-state index in [0.717, 1.165) is 31.4 Å². The molecule has 0 heterocycles. The van der Waals surface area contributed by atoms with Crippen molar-refractivity contribution in [1.29, 1.82) is 0 Å². The van der Waals surface area contributed by atoms with Gasteiger partial charge in [0.05, 0.1) is 6.10 Å². The molecule has 0 aliphatic heterocycles. The van der Waals surface area contributed by atoms with Gasteiger partial charge in [0, 0.05) is 6.42 Å². The Labute approximate surface area is 90.9 Å². The minimum absolute atomic E-state index is 0.172. The molecule has 1 aromatic rings. The zero-order chi connectivity index (χ0) is 10.7. The van der Waals surface area contributed by atoms with E-state index in [9.17, 15) is 5.11 Å². The standard InChI is InChI=1S/C13H18O2/c1-10-5-7-12(8-6-10)15-13-4-2-3-11(14)9-13/h5-8,11,13-14H,2-4,9H2,1H3. The minimum atomic E-state index is -0.172. The Morgan fingerprint density at radius 2 is 1.93 bits per heavy atom. The van der Waals surface area contributed by atoms with E-state index < -0.39 is 0 Å². The summed E-state index contributed by atoms with van der Waals surface area (Å²) in [4.78, 5) is 0. The molecule has 2 unspecified atom stereocenters. The highest BCUT2D eigenvalue weighted by Gasteiger charge is 2.21. The molecule has 1 aromatic carbocycles. The van der Waals surface area contributed by atoms with E-state index >= 15 is 0 Å². The first-order valence-electron chi connectivity index (χ1n) is 5.65. The van der Waals surface area contributed by atoms with Gasteiger partial charge in [-0.05, 0) is 38.3 Å². The van der Waals surface area contributed by atoms with Crippen LogP contribution in [0.5, 0.6) is 5.75 Å². The van der Waals surface area contributed by atoms with Gasteiger partial charge < -0.3 is 9.84 Å². The van der Waals surface area contributed by atoms with Gasteiger partial charge in [0.25, 0.3) is 0 Å². The summed E-state index contributed by atoms with van der Waals surface area (Å²) in [5, 5.41) is 9.52. The first-order valence-corrected chi connectivity index (χ1v) is 5.65.